The molecule has 0 aliphatic carbocycles. The summed E-state index contributed by atoms with van der Waals surface area (Å²) in [5.41, 5.74) is 2.67. The van der Waals surface area contributed by atoms with E-state index in [1.54, 1.807) is 35.1 Å². The van der Waals surface area contributed by atoms with Crippen molar-refractivity contribution in [2.45, 2.75) is 53.7 Å². The number of furan rings is 1. The molecule has 0 radical (unpaired) electrons. The van der Waals surface area contributed by atoms with Crippen LogP contribution in [0.15, 0.2) is 47.0 Å². The molecule has 0 bridgehead atoms. The largest absolute Gasteiger partial charge is 0.492 e. The zero-order chi connectivity index (χ0) is 26.0. The van der Waals surface area contributed by atoms with Crippen molar-refractivity contribution in [3.8, 4) is 17.0 Å². The van der Waals surface area contributed by atoms with E-state index in [0.29, 0.717) is 40.5 Å². The van der Waals surface area contributed by atoms with E-state index in [9.17, 15) is 9.59 Å². The zero-order valence-electron chi connectivity index (χ0n) is 21.3. The molecular formula is C27H30N4O5. The van der Waals surface area contributed by atoms with E-state index in [-0.39, 0.29) is 11.6 Å². The van der Waals surface area contributed by atoms with Crippen molar-refractivity contribution in [1.82, 2.24) is 14.8 Å². The third kappa shape index (κ3) is 4.95. The zero-order valence-corrected chi connectivity index (χ0v) is 21.3. The van der Waals surface area contributed by atoms with Crippen molar-refractivity contribution < 1.29 is 23.5 Å². The summed E-state index contributed by atoms with van der Waals surface area (Å²) < 4.78 is 18.6. The summed E-state index contributed by atoms with van der Waals surface area (Å²) in [7, 11) is 0. The minimum absolute atomic E-state index is 0.0245. The average molecular weight is 491 g/mol. The highest BCUT2D eigenvalue weighted by molar-refractivity contribution is 6.05. The Bertz CT molecular complexity index is 1420. The number of amides is 1. The number of pyridine rings is 1. The van der Waals surface area contributed by atoms with Gasteiger partial charge in [-0.1, -0.05) is 12.1 Å². The number of carbonyl (C=O) groups excluding carboxylic acids is 2. The highest BCUT2D eigenvalue weighted by Crippen LogP contribution is 2.31. The number of hydrogen-bond donors (Lipinski definition) is 1. The predicted octanol–water partition coefficient (Wildman–Crippen LogP) is 5.47. The molecule has 1 unspecified atom stereocenters. The van der Waals surface area contributed by atoms with E-state index in [1.165, 1.54) is 6.92 Å². The van der Waals surface area contributed by atoms with Crippen LogP contribution in [0.4, 0.5) is 5.69 Å². The van der Waals surface area contributed by atoms with Gasteiger partial charge in [0.15, 0.2) is 11.8 Å². The van der Waals surface area contributed by atoms with E-state index >= 15 is 0 Å². The molecule has 3 aromatic heterocycles. The van der Waals surface area contributed by atoms with E-state index in [0.717, 1.165) is 11.3 Å². The first-order valence-corrected chi connectivity index (χ1v) is 11.9. The van der Waals surface area contributed by atoms with Gasteiger partial charge >= 0.3 is 5.97 Å². The first-order chi connectivity index (χ1) is 17.2. The van der Waals surface area contributed by atoms with Crippen LogP contribution in [0, 0.1) is 13.8 Å². The normalized spacial score (nSPS) is 12.1. The first-order valence-electron chi connectivity index (χ1n) is 11.9. The molecule has 0 fully saturated rings. The Kier molecular flexibility index (Phi) is 7.10. The van der Waals surface area contributed by atoms with Gasteiger partial charge in [-0.25, -0.2) is 14.5 Å². The van der Waals surface area contributed by atoms with E-state index in [4.69, 9.17) is 18.9 Å². The smallest absolute Gasteiger partial charge is 0.339 e. The van der Waals surface area contributed by atoms with Crippen molar-refractivity contribution in [1.29, 1.82) is 0 Å². The maximum atomic E-state index is 13.3. The van der Waals surface area contributed by atoms with Crippen molar-refractivity contribution in [2.75, 3.05) is 11.9 Å². The lowest BCUT2D eigenvalue weighted by molar-refractivity contribution is -0.123. The molecule has 3 heterocycles. The van der Waals surface area contributed by atoms with Gasteiger partial charge in [0.25, 0.3) is 5.91 Å². The lowest BCUT2D eigenvalue weighted by Crippen LogP contribution is -2.30. The molecule has 0 aliphatic heterocycles. The standard InChI is InChI=1S/C27H30N4O5/c1-7-34-24-11-9-8-10-22(24)30-26(32)18(6)36-27(33)20-13-23(19-12-16(4)35-17(19)5)29-25-21(20)14-28-31(25)15(2)3/h8-15,18H,7H2,1-6H3,(H,30,32). The molecule has 0 saturated carbocycles. The van der Waals surface area contributed by atoms with E-state index < -0.39 is 18.0 Å². The Morgan fingerprint density at radius 1 is 1.14 bits per heavy atom. The predicted molar refractivity (Wildman–Crippen MR) is 136 cm³/mol. The third-order valence-corrected chi connectivity index (χ3v) is 5.69. The Morgan fingerprint density at radius 3 is 2.56 bits per heavy atom. The van der Waals surface area contributed by atoms with Crippen LogP contribution >= 0.6 is 0 Å². The lowest BCUT2D eigenvalue weighted by atomic mass is 10.1. The number of aryl methyl sites for hydroxylation is 2. The number of rotatable bonds is 8. The number of para-hydroxylation sites is 2. The summed E-state index contributed by atoms with van der Waals surface area (Å²) in [5.74, 6) is 0.850. The van der Waals surface area contributed by atoms with Crippen molar-refractivity contribution in [3.05, 3.63) is 59.7 Å². The minimum Gasteiger partial charge on any atom is -0.492 e. The third-order valence-electron chi connectivity index (χ3n) is 5.69. The molecule has 4 rings (SSSR count). The number of ether oxygens (including phenoxy) is 2. The summed E-state index contributed by atoms with van der Waals surface area (Å²) >= 11 is 0. The first kappa shape index (κ1) is 25.0. The second kappa shape index (κ2) is 10.2. The van der Waals surface area contributed by atoms with Gasteiger partial charge in [0.1, 0.15) is 17.3 Å². The number of nitrogens with zero attached hydrogens (tertiary/aromatic N) is 3. The number of carbonyl (C=O) groups is 2. The lowest BCUT2D eigenvalue weighted by Gasteiger charge is -2.16. The van der Waals surface area contributed by atoms with Crippen molar-refractivity contribution in [2.24, 2.45) is 0 Å². The molecule has 1 atom stereocenters. The molecule has 0 saturated heterocycles. The Hall–Kier alpha value is -4.14. The molecule has 1 N–H and O–H groups in total. The van der Waals surface area contributed by atoms with Crippen LogP contribution < -0.4 is 10.1 Å². The fourth-order valence-corrected chi connectivity index (χ4v) is 3.95. The molecule has 188 valence electrons. The molecule has 4 aromatic rings. The average Bonchev–Trinajstić information content (AvgIpc) is 3.42. The minimum atomic E-state index is -1.06. The molecule has 9 heteroatoms. The summed E-state index contributed by atoms with van der Waals surface area (Å²) in [6.07, 6.45) is 0.538. The quantitative estimate of drug-likeness (QED) is 0.326. The number of hydrogen-bond acceptors (Lipinski definition) is 7. The summed E-state index contributed by atoms with van der Waals surface area (Å²) in [6, 6.07) is 10.6. The maximum absolute atomic E-state index is 13.3. The molecule has 36 heavy (non-hydrogen) atoms. The molecule has 1 aromatic carbocycles. The van der Waals surface area contributed by atoms with Gasteiger partial charge in [0.2, 0.25) is 0 Å². The van der Waals surface area contributed by atoms with Crippen LogP contribution in [0.25, 0.3) is 22.3 Å². The number of nitrogens with one attached hydrogen (secondary N) is 1. The van der Waals surface area contributed by atoms with Gasteiger partial charge in [-0.2, -0.15) is 5.10 Å². The van der Waals surface area contributed by atoms with E-state index in [2.05, 4.69) is 10.4 Å². The second-order valence-electron chi connectivity index (χ2n) is 8.77. The Morgan fingerprint density at radius 2 is 1.89 bits per heavy atom. The van der Waals surface area contributed by atoms with Crippen LogP contribution in [0.2, 0.25) is 0 Å². The summed E-state index contributed by atoms with van der Waals surface area (Å²) in [6.45, 7) is 11.5. The number of fused-ring (bicyclic) bond motifs is 1. The van der Waals surface area contributed by atoms with Crippen molar-refractivity contribution >= 4 is 28.6 Å². The molecule has 0 aliphatic rings. The molecular weight excluding hydrogens is 460 g/mol. The maximum Gasteiger partial charge on any atom is 0.339 e. The van der Waals surface area contributed by atoms with Crippen LogP contribution in [-0.4, -0.2) is 39.4 Å². The fraction of sp³-hybridized carbons (Fsp3) is 0.333. The van der Waals surface area contributed by atoms with Gasteiger partial charge < -0.3 is 19.2 Å². The van der Waals surface area contributed by atoms with Crippen LogP contribution in [0.1, 0.15) is 55.6 Å². The van der Waals surface area contributed by atoms with Gasteiger partial charge in [-0.05, 0) is 65.8 Å². The van der Waals surface area contributed by atoms with Crippen LogP contribution in [-0.2, 0) is 9.53 Å². The van der Waals surface area contributed by atoms with Crippen molar-refractivity contribution in [3.63, 3.8) is 0 Å². The Balaban J connectivity index is 1.65. The van der Waals surface area contributed by atoms with Gasteiger partial charge in [0.05, 0.1) is 35.1 Å². The van der Waals surface area contributed by atoms with Crippen LogP contribution in [0.3, 0.4) is 0 Å². The Labute approximate surface area is 209 Å². The van der Waals surface area contributed by atoms with Crippen LogP contribution in [0.5, 0.6) is 5.75 Å². The second-order valence-corrected chi connectivity index (χ2v) is 8.77. The topological polar surface area (TPSA) is 108 Å². The number of benzene rings is 1. The molecule has 9 nitrogen and oxygen atoms in total. The number of anilines is 1. The van der Waals surface area contributed by atoms with Gasteiger partial charge in [-0.3, -0.25) is 4.79 Å². The summed E-state index contributed by atoms with van der Waals surface area (Å²) in [4.78, 5) is 31.0. The fourth-order valence-electron chi connectivity index (χ4n) is 3.95. The molecule has 1 amide bonds. The summed E-state index contributed by atoms with van der Waals surface area (Å²) in [5, 5.41) is 7.75. The van der Waals surface area contributed by atoms with Gasteiger partial charge in [-0.15, -0.1) is 0 Å². The monoisotopic (exact) mass is 490 g/mol. The highest BCUT2D eigenvalue weighted by Gasteiger charge is 2.25. The highest BCUT2D eigenvalue weighted by atomic mass is 16.5. The van der Waals surface area contributed by atoms with E-state index in [1.807, 2.05) is 46.8 Å². The SMILES string of the molecule is CCOc1ccccc1NC(=O)C(C)OC(=O)c1cc(-c2cc(C)oc2C)nc2c1cnn2C(C)C. The number of esters is 1. The molecule has 0 spiro atoms. The van der Waals surface area contributed by atoms with Gasteiger partial charge in [0, 0.05) is 11.6 Å². The number of aromatic nitrogens is 3.